The van der Waals surface area contributed by atoms with E-state index in [9.17, 15) is 4.79 Å². The van der Waals surface area contributed by atoms with Crippen LogP contribution in [0.3, 0.4) is 0 Å². The third kappa shape index (κ3) is 8.23. The molecule has 1 unspecified atom stereocenters. The molecule has 1 fully saturated rings. The summed E-state index contributed by atoms with van der Waals surface area (Å²) in [5.41, 5.74) is 1.48. The van der Waals surface area contributed by atoms with E-state index in [1.54, 1.807) is 0 Å². The first-order valence-electron chi connectivity index (χ1n) is 9.62. The van der Waals surface area contributed by atoms with Gasteiger partial charge in [0.15, 0.2) is 8.32 Å². The summed E-state index contributed by atoms with van der Waals surface area (Å²) in [4.78, 5) is 11.7. The van der Waals surface area contributed by atoms with Crippen LogP contribution in [-0.4, -0.2) is 31.4 Å². The molecule has 1 rings (SSSR count). The molecular weight excluding hydrogens is 364 g/mol. The van der Waals surface area contributed by atoms with E-state index >= 15 is 0 Å². The first-order chi connectivity index (χ1) is 11.6. The molecule has 0 saturated heterocycles. The second-order valence-electron chi connectivity index (χ2n) is 8.87. The minimum Gasteiger partial charge on any atom is -0.416 e. The summed E-state index contributed by atoms with van der Waals surface area (Å²) in [6.45, 7) is 14.6. The Kier molecular flexibility index (Phi) is 9.87. The minimum atomic E-state index is -1.69. The zero-order valence-electron chi connectivity index (χ0n) is 17.3. The smallest absolute Gasteiger partial charge is 0.246 e. The molecule has 25 heavy (non-hydrogen) atoms. The molecule has 0 spiro atoms. The predicted octanol–water partition coefficient (Wildman–Crippen LogP) is 7.37. The van der Waals surface area contributed by atoms with Crippen molar-refractivity contribution in [2.24, 2.45) is 11.8 Å². The maximum atomic E-state index is 11.7. The molecule has 5 heteroatoms. The second kappa shape index (κ2) is 10.6. The lowest BCUT2D eigenvalue weighted by Gasteiger charge is -2.37. The zero-order chi connectivity index (χ0) is 19.1. The van der Waals surface area contributed by atoms with Gasteiger partial charge in [0.05, 0.1) is 0 Å². The summed E-state index contributed by atoms with van der Waals surface area (Å²) < 4.78 is 6.64. The van der Waals surface area contributed by atoms with Gasteiger partial charge < -0.3 is 4.43 Å². The van der Waals surface area contributed by atoms with E-state index in [0.29, 0.717) is 11.8 Å². The van der Waals surface area contributed by atoms with Gasteiger partial charge in [-0.15, -0.1) is 0 Å². The Morgan fingerprint density at radius 3 is 2.36 bits per heavy atom. The lowest BCUT2D eigenvalue weighted by atomic mass is 9.83. The Morgan fingerprint density at radius 1 is 1.24 bits per heavy atom. The van der Waals surface area contributed by atoms with Gasteiger partial charge in [0.2, 0.25) is 4.45 Å². The van der Waals surface area contributed by atoms with E-state index in [4.69, 9.17) is 4.43 Å². The fourth-order valence-electron chi connectivity index (χ4n) is 2.95. The van der Waals surface area contributed by atoms with Gasteiger partial charge in [0.25, 0.3) is 0 Å². The predicted molar refractivity (Wildman–Crippen MR) is 118 cm³/mol. The van der Waals surface area contributed by atoms with E-state index in [0.717, 1.165) is 12.4 Å². The maximum Gasteiger partial charge on any atom is 0.246 e. The first kappa shape index (κ1) is 23.3. The average Bonchev–Trinajstić information content (AvgIpc) is 2.56. The van der Waals surface area contributed by atoms with Crippen LogP contribution in [-0.2, 0) is 4.43 Å². The highest BCUT2D eigenvalue weighted by Gasteiger charge is 2.37. The summed E-state index contributed by atoms with van der Waals surface area (Å²) in [6, 6.07) is 0. The molecule has 1 saturated carbocycles. The Morgan fingerprint density at radius 2 is 1.84 bits per heavy atom. The van der Waals surface area contributed by atoms with Crippen molar-refractivity contribution < 1.29 is 9.22 Å². The molecule has 0 heterocycles. The van der Waals surface area contributed by atoms with Crippen molar-refractivity contribution in [1.82, 2.24) is 0 Å². The molecule has 1 aliphatic carbocycles. The molecule has 146 valence electrons. The third-order valence-corrected chi connectivity index (χ3v) is 12.1. The van der Waals surface area contributed by atoms with Gasteiger partial charge in [-0.1, -0.05) is 82.1 Å². The quantitative estimate of drug-likeness (QED) is 0.328. The second-order valence-corrected chi connectivity index (χ2v) is 15.7. The van der Waals surface area contributed by atoms with Crippen LogP contribution >= 0.6 is 23.5 Å². The molecule has 0 amide bonds. The van der Waals surface area contributed by atoms with Crippen molar-refractivity contribution in [2.75, 3.05) is 18.6 Å². The van der Waals surface area contributed by atoms with Gasteiger partial charge in [-0.25, -0.2) is 0 Å². The van der Waals surface area contributed by atoms with Crippen LogP contribution in [0.5, 0.6) is 0 Å². The normalized spacial score (nSPS) is 19.1. The van der Waals surface area contributed by atoms with Crippen LogP contribution < -0.4 is 0 Å². The summed E-state index contributed by atoms with van der Waals surface area (Å²) in [7, 11) is -1.69. The Labute approximate surface area is 165 Å². The van der Waals surface area contributed by atoms with Crippen LogP contribution in [0, 0.1) is 11.8 Å². The van der Waals surface area contributed by atoms with Gasteiger partial charge in [0.1, 0.15) is 0 Å². The largest absolute Gasteiger partial charge is 0.416 e. The molecule has 1 aliphatic rings. The fourth-order valence-corrected chi connectivity index (χ4v) is 5.32. The number of hydrogen-bond acceptors (Lipinski definition) is 4. The van der Waals surface area contributed by atoms with Crippen LogP contribution in [0.15, 0.2) is 11.6 Å². The van der Waals surface area contributed by atoms with E-state index in [1.807, 2.05) is 6.26 Å². The standard InChI is InChI=1S/C20H38O2S2Si/c1-16(14-22-25(6,7)20(2,3)4)13-18(15-24-19(21)23-5)17-11-9-8-10-12-17/h13,16-17H,8-12,14-15H2,1-7H3/b18-13-. The van der Waals surface area contributed by atoms with Crippen LogP contribution in [0.4, 0.5) is 4.79 Å². The molecule has 0 aromatic carbocycles. The Balaban J connectivity index is 2.72. The van der Waals surface area contributed by atoms with Crippen molar-refractivity contribution in [2.45, 2.75) is 77.9 Å². The number of hydrogen-bond donors (Lipinski definition) is 0. The van der Waals surface area contributed by atoms with E-state index in [1.165, 1.54) is 61.2 Å². The summed E-state index contributed by atoms with van der Waals surface area (Å²) in [5.74, 6) is 1.94. The van der Waals surface area contributed by atoms with Crippen molar-refractivity contribution in [1.29, 1.82) is 0 Å². The zero-order valence-corrected chi connectivity index (χ0v) is 19.9. The Hall–Kier alpha value is 0.287. The fraction of sp³-hybridized carbons (Fsp3) is 0.850. The Bertz CT molecular complexity index is 449. The first-order valence-corrected chi connectivity index (χ1v) is 14.7. The monoisotopic (exact) mass is 402 g/mol. The van der Waals surface area contributed by atoms with Gasteiger partial charge in [0, 0.05) is 12.4 Å². The molecule has 0 bridgehead atoms. The third-order valence-electron chi connectivity index (χ3n) is 5.66. The topological polar surface area (TPSA) is 26.3 Å². The highest BCUT2D eigenvalue weighted by atomic mass is 32.2. The number of rotatable bonds is 7. The lowest BCUT2D eigenvalue weighted by molar-refractivity contribution is 0.258. The summed E-state index contributed by atoms with van der Waals surface area (Å²) in [5, 5.41) is 0.253. The number of carbonyl (C=O) groups excluding carboxylic acids is 1. The van der Waals surface area contributed by atoms with Crippen LogP contribution in [0.25, 0.3) is 0 Å². The van der Waals surface area contributed by atoms with Crippen molar-refractivity contribution in [3.8, 4) is 0 Å². The van der Waals surface area contributed by atoms with Crippen molar-refractivity contribution in [3.05, 3.63) is 11.6 Å². The number of carbonyl (C=O) groups is 1. The molecule has 0 aromatic rings. The summed E-state index contributed by atoms with van der Waals surface area (Å²) in [6.07, 6.45) is 10.9. The summed E-state index contributed by atoms with van der Waals surface area (Å²) >= 11 is 2.80. The molecule has 0 aliphatic heterocycles. The molecule has 0 aromatic heterocycles. The van der Waals surface area contributed by atoms with Gasteiger partial charge in [-0.3, -0.25) is 4.79 Å². The number of thioether (sulfide) groups is 2. The van der Waals surface area contributed by atoms with Crippen molar-refractivity contribution in [3.63, 3.8) is 0 Å². The van der Waals surface area contributed by atoms with Gasteiger partial charge >= 0.3 is 0 Å². The van der Waals surface area contributed by atoms with E-state index in [2.05, 4.69) is 46.9 Å². The van der Waals surface area contributed by atoms with E-state index < -0.39 is 8.32 Å². The molecule has 0 radical (unpaired) electrons. The highest BCUT2D eigenvalue weighted by Crippen LogP contribution is 2.37. The SMILES string of the molecule is CSC(=O)SC/C(=C/C(C)CO[Si](C)(C)C(C)(C)C)C1CCCCC1. The van der Waals surface area contributed by atoms with E-state index in [-0.39, 0.29) is 9.49 Å². The molecule has 2 nitrogen and oxygen atoms in total. The maximum absolute atomic E-state index is 11.7. The minimum absolute atomic E-state index is 0.229. The van der Waals surface area contributed by atoms with Crippen LogP contribution in [0.1, 0.15) is 59.8 Å². The highest BCUT2D eigenvalue weighted by molar-refractivity contribution is 8.38. The lowest BCUT2D eigenvalue weighted by Crippen LogP contribution is -2.41. The average molecular weight is 403 g/mol. The van der Waals surface area contributed by atoms with Gasteiger partial charge in [-0.2, -0.15) is 0 Å². The van der Waals surface area contributed by atoms with Crippen LogP contribution in [0.2, 0.25) is 18.1 Å². The van der Waals surface area contributed by atoms with Crippen molar-refractivity contribution >= 4 is 36.3 Å². The molecule has 0 N–H and O–H groups in total. The molecule has 1 atom stereocenters. The van der Waals surface area contributed by atoms with Gasteiger partial charge in [-0.05, 0) is 49.1 Å². The molecular formula is C20H38O2S2Si.